The lowest BCUT2D eigenvalue weighted by molar-refractivity contribution is -0.115. The van der Waals surface area contributed by atoms with Crippen molar-refractivity contribution in [2.24, 2.45) is 0 Å². The summed E-state index contributed by atoms with van der Waals surface area (Å²) in [6, 6.07) is 23.4. The Bertz CT molecular complexity index is 1100. The van der Waals surface area contributed by atoms with Gasteiger partial charge in [-0.25, -0.2) is 4.98 Å². The van der Waals surface area contributed by atoms with Gasteiger partial charge in [0.15, 0.2) is 5.58 Å². The molecule has 140 valence electrons. The molecular weight excluding hydrogens is 348 g/mol. The van der Waals surface area contributed by atoms with Crippen LogP contribution in [0.1, 0.15) is 30.9 Å². The van der Waals surface area contributed by atoms with E-state index in [1.54, 1.807) is 0 Å². The molecule has 4 rings (SSSR count). The first-order chi connectivity index (χ1) is 13.6. The average Bonchev–Trinajstić information content (AvgIpc) is 3.12. The summed E-state index contributed by atoms with van der Waals surface area (Å²) < 4.78 is 5.89. The number of benzene rings is 3. The zero-order valence-corrected chi connectivity index (χ0v) is 16.0. The minimum Gasteiger partial charge on any atom is -0.436 e. The van der Waals surface area contributed by atoms with E-state index in [1.165, 1.54) is 5.56 Å². The molecule has 0 aliphatic carbocycles. The molecule has 1 N–H and O–H groups in total. The zero-order valence-electron chi connectivity index (χ0n) is 16.0. The van der Waals surface area contributed by atoms with Gasteiger partial charge in [0.05, 0.1) is 6.42 Å². The highest BCUT2D eigenvalue weighted by molar-refractivity contribution is 5.92. The maximum atomic E-state index is 12.2. The van der Waals surface area contributed by atoms with E-state index in [0.29, 0.717) is 18.2 Å². The van der Waals surface area contributed by atoms with Crippen molar-refractivity contribution >= 4 is 22.7 Å². The molecule has 0 radical (unpaired) electrons. The van der Waals surface area contributed by atoms with Gasteiger partial charge in [-0.15, -0.1) is 0 Å². The van der Waals surface area contributed by atoms with Crippen molar-refractivity contribution in [3.8, 4) is 11.5 Å². The van der Waals surface area contributed by atoms with Gasteiger partial charge in [-0.1, -0.05) is 50.2 Å². The molecule has 0 unspecified atom stereocenters. The van der Waals surface area contributed by atoms with E-state index in [0.717, 1.165) is 27.9 Å². The highest BCUT2D eigenvalue weighted by Gasteiger charge is 2.11. The molecule has 0 atom stereocenters. The van der Waals surface area contributed by atoms with Crippen LogP contribution in [-0.2, 0) is 11.2 Å². The predicted molar refractivity (Wildman–Crippen MR) is 112 cm³/mol. The van der Waals surface area contributed by atoms with Crippen molar-refractivity contribution in [3.63, 3.8) is 0 Å². The number of anilines is 1. The Kier molecular flexibility index (Phi) is 4.94. The maximum Gasteiger partial charge on any atom is 0.228 e. The Morgan fingerprint density at radius 3 is 2.46 bits per heavy atom. The first-order valence-corrected chi connectivity index (χ1v) is 9.43. The molecule has 0 spiro atoms. The predicted octanol–water partition coefficient (Wildman–Crippen LogP) is 5.80. The lowest BCUT2D eigenvalue weighted by Gasteiger charge is -2.06. The number of nitrogens with one attached hydrogen (secondary N) is 1. The molecule has 4 aromatic rings. The van der Waals surface area contributed by atoms with E-state index in [4.69, 9.17) is 4.42 Å². The second-order valence-electron chi connectivity index (χ2n) is 7.19. The Balaban J connectivity index is 1.48. The fourth-order valence-corrected chi connectivity index (χ4v) is 3.11. The van der Waals surface area contributed by atoms with Crippen LogP contribution in [0.15, 0.2) is 77.2 Å². The average molecular weight is 370 g/mol. The van der Waals surface area contributed by atoms with Crippen LogP contribution < -0.4 is 5.32 Å². The summed E-state index contributed by atoms with van der Waals surface area (Å²) >= 11 is 0. The van der Waals surface area contributed by atoms with Gasteiger partial charge in [0.2, 0.25) is 11.8 Å². The van der Waals surface area contributed by atoms with Crippen molar-refractivity contribution < 1.29 is 9.21 Å². The molecule has 0 aliphatic heterocycles. The van der Waals surface area contributed by atoms with E-state index in [9.17, 15) is 4.79 Å². The largest absolute Gasteiger partial charge is 0.436 e. The number of carbonyl (C=O) groups is 1. The van der Waals surface area contributed by atoms with Crippen molar-refractivity contribution in [2.45, 2.75) is 26.2 Å². The third-order valence-electron chi connectivity index (χ3n) is 4.70. The second kappa shape index (κ2) is 7.69. The van der Waals surface area contributed by atoms with E-state index >= 15 is 0 Å². The lowest BCUT2D eigenvalue weighted by Crippen LogP contribution is -2.14. The number of rotatable bonds is 5. The number of hydrogen-bond acceptors (Lipinski definition) is 3. The van der Waals surface area contributed by atoms with Crippen LogP contribution in [0.2, 0.25) is 0 Å². The Morgan fingerprint density at radius 1 is 1.00 bits per heavy atom. The SMILES string of the molecule is CC(C)c1ccc2oc(-c3ccc(NC(=O)Cc4ccccc4)cc3)nc2c1. The van der Waals surface area contributed by atoms with Gasteiger partial charge in [0.1, 0.15) is 5.52 Å². The summed E-state index contributed by atoms with van der Waals surface area (Å²) in [6.45, 7) is 4.32. The Morgan fingerprint density at radius 2 is 1.75 bits per heavy atom. The van der Waals surface area contributed by atoms with Crippen molar-refractivity contribution in [2.75, 3.05) is 5.32 Å². The fourth-order valence-electron chi connectivity index (χ4n) is 3.11. The lowest BCUT2D eigenvalue weighted by atomic mass is 10.0. The number of amides is 1. The summed E-state index contributed by atoms with van der Waals surface area (Å²) in [5.74, 6) is 0.989. The van der Waals surface area contributed by atoms with E-state index in [1.807, 2.05) is 60.7 Å². The Hall–Kier alpha value is -3.40. The zero-order chi connectivity index (χ0) is 19.5. The summed E-state index contributed by atoms with van der Waals surface area (Å²) in [5, 5.41) is 2.93. The smallest absolute Gasteiger partial charge is 0.228 e. The van der Waals surface area contributed by atoms with Crippen LogP contribution in [0, 0.1) is 0 Å². The van der Waals surface area contributed by atoms with Gasteiger partial charge in [0, 0.05) is 11.3 Å². The number of nitrogens with zero attached hydrogens (tertiary/aromatic N) is 1. The van der Waals surface area contributed by atoms with E-state index < -0.39 is 0 Å². The van der Waals surface area contributed by atoms with Crippen LogP contribution in [-0.4, -0.2) is 10.9 Å². The Labute approximate surface area is 164 Å². The standard InChI is InChI=1S/C24H22N2O2/c1-16(2)19-10-13-22-21(15-19)26-24(28-22)18-8-11-20(12-9-18)25-23(27)14-17-6-4-3-5-7-17/h3-13,15-16H,14H2,1-2H3,(H,25,27). The van der Waals surface area contributed by atoms with Crippen LogP contribution >= 0.6 is 0 Å². The van der Waals surface area contributed by atoms with Gasteiger partial charge < -0.3 is 9.73 Å². The topological polar surface area (TPSA) is 55.1 Å². The minimum atomic E-state index is -0.0398. The summed E-state index contributed by atoms with van der Waals surface area (Å²) in [5.41, 5.74) is 5.50. The molecule has 0 bridgehead atoms. The van der Waals surface area contributed by atoms with Crippen molar-refractivity contribution in [1.82, 2.24) is 4.98 Å². The van der Waals surface area contributed by atoms with E-state index in [-0.39, 0.29) is 5.91 Å². The quantitative estimate of drug-likeness (QED) is 0.483. The van der Waals surface area contributed by atoms with Crippen molar-refractivity contribution in [1.29, 1.82) is 0 Å². The molecule has 3 aromatic carbocycles. The molecule has 1 heterocycles. The third-order valence-corrected chi connectivity index (χ3v) is 4.70. The van der Waals surface area contributed by atoms with Crippen LogP contribution in [0.25, 0.3) is 22.6 Å². The number of hydrogen-bond donors (Lipinski definition) is 1. The summed E-state index contributed by atoms with van der Waals surface area (Å²) in [4.78, 5) is 16.8. The molecule has 1 aromatic heterocycles. The third kappa shape index (κ3) is 3.96. The van der Waals surface area contributed by atoms with Gasteiger partial charge in [-0.2, -0.15) is 0 Å². The molecule has 28 heavy (non-hydrogen) atoms. The molecular formula is C24H22N2O2. The summed E-state index contributed by atoms with van der Waals surface area (Å²) in [7, 11) is 0. The monoisotopic (exact) mass is 370 g/mol. The van der Waals surface area contributed by atoms with Crippen LogP contribution in [0.3, 0.4) is 0 Å². The molecule has 0 saturated carbocycles. The van der Waals surface area contributed by atoms with Crippen LogP contribution in [0.5, 0.6) is 0 Å². The van der Waals surface area contributed by atoms with Crippen LogP contribution in [0.4, 0.5) is 5.69 Å². The number of oxazole rings is 1. The molecule has 0 aliphatic rings. The van der Waals surface area contributed by atoms with Gasteiger partial charge in [-0.05, 0) is 53.4 Å². The molecule has 1 amide bonds. The second-order valence-corrected chi connectivity index (χ2v) is 7.19. The first-order valence-electron chi connectivity index (χ1n) is 9.43. The highest BCUT2D eigenvalue weighted by atomic mass is 16.3. The number of aromatic nitrogens is 1. The normalized spacial score (nSPS) is 11.1. The highest BCUT2D eigenvalue weighted by Crippen LogP contribution is 2.27. The van der Waals surface area contributed by atoms with Gasteiger partial charge in [0.25, 0.3) is 0 Å². The molecule has 0 saturated heterocycles. The molecule has 0 fully saturated rings. The number of fused-ring (bicyclic) bond motifs is 1. The van der Waals surface area contributed by atoms with Crippen molar-refractivity contribution in [3.05, 3.63) is 83.9 Å². The fraction of sp³-hybridized carbons (Fsp3) is 0.167. The van der Waals surface area contributed by atoms with Gasteiger partial charge >= 0.3 is 0 Å². The summed E-state index contributed by atoms with van der Waals surface area (Å²) in [6.07, 6.45) is 0.353. The molecule has 4 heteroatoms. The minimum absolute atomic E-state index is 0.0398. The molecule has 4 nitrogen and oxygen atoms in total. The van der Waals surface area contributed by atoms with E-state index in [2.05, 4.69) is 36.3 Å². The maximum absolute atomic E-state index is 12.2. The number of carbonyl (C=O) groups excluding carboxylic acids is 1. The first kappa shape index (κ1) is 18.0. The van der Waals surface area contributed by atoms with Gasteiger partial charge in [-0.3, -0.25) is 4.79 Å².